The van der Waals surface area contributed by atoms with Crippen LogP contribution >= 0.6 is 0 Å². The molecule has 1 saturated heterocycles. The molecule has 92 valence electrons. The molecule has 0 radical (unpaired) electrons. The molecule has 2 fully saturated rings. The molecule has 14 heavy (non-hydrogen) atoms. The standard InChI is InChI=1S/C7H14O.C4H8O.Yb/c8-6-5-7-3-1-2-4-7;1-2-4-5-3-1;/h7-8H,1-6H2;1-4H2;. The van der Waals surface area contributed by atoms with Crippen LogP contribution in [0, 0.1) is 52.8 Å². The Balaban J connectivity index is 0.000000246. The number of hydrogen-bond donors (Lipinski definition) is 1. The fourth-order valence-corrected chi connectivity index (χ4v) is 1.99. The summed E-state index contributed by atoms with van der Waals surface area (Å²) in [4.78, 5) is 0. The molecule has 0 spiro atoms. The summed E-state index contributed by atoms with van der Waals surface area (Å²) in [5.41, 5.74) is 0. The van der Waals surface area contributed by atoms with Gasteiger partial charge in [0.05, 0.1) is 0 Å². The van der Waals surface area contributed by atoms with E-state index in [1.165, 1.54) is 38.5 Å². The van der Waals surface area contributed by atoms with E-state index in [1.54, 1.807) is 0 Å². The summed E-state index contributed by atoms with van der Waals surface area (Å²) >= 11 is 0. The number of aliphatic hydroxyl groups excluding tert-OH is 1. The van der Waals surface area contributed by atoms with E-state index in [0.29, 0.717) is 6.61 Å². The van der Waals surface area contributed by atoms with E-state index in [2.05, 4.69) is 0 Å². The molecule has 1 heterocycles. The van der Waals surface area contributed by atoms with E-state index < -0.39 is 0 Å². The second-order valence-corrected chi connectivity index (χ2v) is 3.98. The van der Waals surface area contributed by atoms with Crippen molar-refractivity contribution in [2.45, 2.75) is 44.9 Å². The Morgan fingerprint density at radius 1 is 1.00 bits per heavy atom. The van der Waals surface area contributed by atoms with E-state index in [-0.39, 0.29) is 46.9 Å². The van der Waals surface area contributed by atoms with Crippen LogP contribution in [0.4, 0.5) is 0 Å². The van der Waals surface area contributed by atoms with Gasteiger partial charge in [0.1, 0.15) is 0 Å². The molecule has 0 atom stereocenters. The molecule has 0 aromatic heterocycles. The van der Waals surface area contributed by atoms with Crippen LogP contribution in [0.5, 0.6) is 0 Å². The number of aliphatic hydroxyl groups is 1. The van der Waals surface area contributed by atoms with Gasteiger partial charge >= 0.3 is 0 Å². The predicted octanol–water partition coefficient (Wildman–Crippen LogP) is 2.36. The van der Waals surface area contributed by atoms with Crippen LogP contribution in [-0.4, -0.2) is 24.9 Å². The minimum absolute atomic E-state index is 0. The van der Waals surface area contributed by atoms with Crippen LogP contribution in [0.3, 0.4) is 0 Å². The molecule has 1 N–H and O–H groups in total. The van der Waals surface area contributed by atoms with Gasteiger partial charge in [-0.15, -0.1) is 0 Å². The molecule has 2 nitrogen and oxygen atoms in total. The van der Waals surface area contributed by atoms with E-state index in [4.69, 9.17) is 9.84 Å². The van der Waals surface area contributed by atoms with Crippen molar-refractivity contribution in [1.29, 1.82) is 0 Å². The van der Waals surface area contributed by atoms with Crippen molar-refractivity contribution in [3.05, 3.63) is 0 Å². The van der Waals surface area contributed by atoms with Crippen molar-refractivity contribution >= 4 is 0 Å². The number of rotatable bonds is 2. The Bertz CT molecular complexity index is 102. The Morgan fingerprint density at radius 3 is 1.93 bits per heavy atom. The first-order valence-corrected chi connectivity index (χ1v) is 5.62. The van der Waals surface area contributed by atoms with Crippen molar-refractivity contribution in [2.75, 3.05) is 19.8 Å². The van der Waals surface area contributed by atoms with Gasteiger partial charge in [0, 0.05) is 66.7 Å². The molecule has 2 rings (SSSR count). The van der Waals surface area contributed by atoms with Crippen LogP contribution in [0.1, 0.15) is 44.9 Å². The van der Waals surface area contributed by atoms with Gasteiger partial charge in [0.15, 0.2) is 0 Å². The molecule has 1 aliphatic heterocycles. The number of ether oxygens (including phenoxy) is 1. The zero-order chi connectivity index (χ0) is 9.36. The Morgan fingerprint density at radius 2 is 1.57 bits per heavy atom. The van der Waals surface area contributed by atoms with Crippen LogP contribution < -0.4 is 0 Å². The van der Waals surface area contributed by atoms with Crippen molar-refractivity contribution in [1.82, 2.24) is 0 Å². The quantitative estimate of drug-likeness (QED) is 0.820. The maximum absolute atomic E-state index is 8.53. The predicted molar refractivity (Wildman–Crippen MR) is 53.7 cm³/mol. The van der Waals surface area contributed by atoms with Gasteiger partial charge in [0.25, 0.3) is 0 Å². The zero-order valence-corrected chi connectivity index (χ0v) is 10.5. The minimum Gasteiger partial charge on any atom is -0.396 e. The maximum atomic E-state index is 8.53. The summed E-state index contributed by atoms with van der Waals surface area (Å²) in [5.74, 6) is 0.861. The Labute approximate surface area is 126 Å². The van der Waals surface area contributed by atoms with Crippen LogP contribution in [0.2, 0.25) is 0 Å². The third kappa shape index (κ3) is 7.70. The fourth-order valence-electron chi connectivity index (χ4n) is 1.99. The summed E-state index contributed by atoms with van der Waals surface area (Å²) in [6, 6.07) is 0. The van der Waals surface area contributed by atoms with Crippen molar-refractivity contribution in [2.24, 2.45) is 5.92 Å². The zero-order valence-electron chi connectivity index (χ0n) is 8.77. The van der Waals surface area contributed by atoms with Gasteiger partial charge in [-0.2, -0.15) is 0 Å². The molecular weight excluding hydrogens is 337 g/mol. The van der Waals surface area contributed by atoms with Crippen molar-refractivity contribution in [3.63, 3.8) is 0 Å². The van der Waals surface area contributed by atoms with Gasteiger partial charge in [-0.25, -0.2) is 0 Å². The van der Waals surface area contributed by atoms with E-state index in [1.807, 2.05) is 0 Å². The summed E-state index contributed by atoms with van der Waals surface area (Å²) in [6.07, 6.45) is 9.11. The second-order valence-electron chi connectivity index (χ2n) is 3.98. The van der Waals surface area contributed by atoms with Gasteiger partial charge in [-0.1, -0.05) is 25.7 Å². The van der Waals surface area contributed by atoms with E-state index in [0.717, 1.165) is 25.6 Å². The van der Waals surface area contributed by atoms with E-state index >= 15 is 0 Å². The van der Waals surface area contributed by atoms with Crippen molar-refractivity contribution in [3.8, 4) is 0 Å². The first kappa shape index (κ1) is 15.4. The van der Waals surface area contributed by atoms with Gasteiger partial charge in [-0.05, 0) is 25.2 Å². The Kier molecular flexibility index (Phi) is 12.1. The first-order chi connectivity index (χ1) is 6.43. The molecule has 0 unspecified atom stereocenters. The molecule has 1 saturated carbocycles. The van der Waals surface area contributed by atoms with E-state index in [9.17, 15) is 0 Å². The molecular formula is C11H22O2Yb. The maximum Gasteiger partial charge on any atom is 0.0466 e. The second kappa shape index (κ2) is 10.9. The summed E-state index contributed by atoms with van der Waals surface area (Å²) in [5, 5.41) is 8.53. The molecule has 0 amide bonds. The average molecular weight is 359 g/mol. The third-order valence-corrected chi connectivity index (χ3v) is 2.84. The molecule has 0 aromatic carbocycles. The third-order valence-electron chi connectivity index (χ3n) is 2.84. The topological polar surface area (TPSA) is 29.5 Å². The SMILES string of the molecule is C1CCOC1.OCCC1CCCC1.[Yb]. The smallest absolute Gasteiger partial charge is 0.0466 e. The minimum atomic E-state index is 0. The van der Waals surface area contributed by atoms with Crippen LogP contribution in [0.25, 0.3) is 0 Å². The molecule has 2 aliphatic rings. The summed E-state index contributed by atoms with van der Waals surface area (Å²) in [7, 11) is 0. The average Bonchev–Trinajstić information content (AvgIpc) is 2.79. The first-order valence-electron chi connectivity index (χ1n) is 5.62. The number of hydrogen-bond acceptors (Lipinski definition) is 2. The van der Waals surface area contributed by atoms with Gasteiger partial charge in [0.2, 0.25) is 0 Å². The largest absolute Gasteiger partial charge is 0.396 e. The monoisotopic (exact) mass is 360 g/mol. The summed E-state index contributed by atoms with van der Waals surface area (Å²) in [6.45, 7) is 2.39. The van der Waals surface area contributed by atoms with Gasteiger partial charge < -0.3 is 9.84 Å². The molecule has 0 bridgehead atoms. The molecule has 3 heteroatoms. The van der Waals surface area contributed by atoms with Gasteiger partial charge in [-0.3, -0.25) is 0 Å². The molecule has 1 aliphatic carbocycles. The van der Waals surface area contributed by atoms with Crippen LogP contribution in [-0.2, 0) is 4.74 Å². The molecule has 0 aromatic rings. The fraction of sp³-hybridized carbons (Fsp3) is 1.00. The Hall–Kier alpha value is 1.44. The summed E-state index contributed by atoms with van der Waals surface area (Å²) < 4.78 is 4.94. The van der Waals surface area contributed by atoms with Crippen LogP contribution in [0.15, 0.2) is 0 Å². The normalized spacial score (nSPS) is 21.2. The van der Waals surface area contributed by atoms with Crippen molar-refractivity contribution < 1.29 is 56.8 Å².